The summed E-state index contributed by atoms with van der Waals surface area (Å²) in [6, 6.07) is 10.3. The second-order valence-electron chi connectivity index (χ2n) is 8.50. The number of piperidine rings is 2. The zero-order valence-corrected chi connectivity index (χ0v) is 16.8. The lowest BCUT2D eigenvalue weighted by molar-refractivity contribution is 0.0526. The summed E-state index contributed by atoms with van der Waals surface area (Å²) >= 11 is 0. The van der Waals surface area contributed by atoms with Gasteiger partial charge in [-0.1, -0.05) is 24.6 Å². The third-order valence-electron chi connectivity index (χ3n) is 6.49. The molecule has 5 nitrogen and oxygen atoms in total. The number of nitrogens with zero attached hydrogens (tertiary/aromatic N) is 2. The van der Waals surface area contributed by atoms with E-state index in [1.165, 1.54) is 50.5 Å². The van der Waals surface area contributed by atoms with E-state index < -0.39 is 0 Å². The van der Waals surface area contributed by atoms with E-state index in [4.69, 9.17) is 4.74 Å². The topological polar surface area (TPSA) is 48.9 Å². The number of hydrogen-bond donors (Lipinski definition) is 2. The number of guanidine groups is 1. The minimum Gasteiger partial charge on any atom is -0.493 e. The van der Waals surface area contributed by atoms with E-state index in [0.717, 1.165) is 42.9 Å². The largest absolute Gasteiger partial charge is 0.493 e. The smallest absolute Gasteiger partial charge is 0.191 e. The number of nitrogens with one attached hydrogen (secondary N) is 2. The quantitative estimate of drug-likeness (QED) is 0.597. The van der Waals surface area contributed by atoms with Crippen molar-refractivity contribution in [2.75, 3.05) is 20.7 Å². The van der Waals surface area contributed by atoms with Crippen LogP contribution in [0.1, 0.15) is 50.5 Å². The molecule has 148 valence electrons. The Labute approximate surface area is 163 Å². The van der Waals surface area contributed by atoms with Gasteiger partial charge in [0.15, 0.2) is 5.96 Å². The molecule has 2 N–H and O–H groups in total. The molecule has 1 saturated carbocycles. The SMILES string of the molecule is CN=C(NCc1ccccc1OCC1CC1)NC1CC2CCCC(C1)N2C. The fraction of sp³-hybridized carbons (Fsp3) is 0.682. The van der Waals surface area contributed by atoms with E-state index in [1.807, 2.05) is 7.05 Å². The molecule has 2 atom stereocenters. The Bertz CT molecular complexity index is 643. The van der Waals surface area contributed by atoms with Gasteiger partial charge in [0.05, 0.1) is 6.61 Å². The summed E-state index contributed by atoms with van der Waals surface area (Å²) < 4.78 is 6.03. The highest BCUT2D eigenvalue weighted by Gasteiger charge is 2.36. The van der Waals surface area contributed by atoms with Gasteiger partial charge in [0.1, 0.15) is 5.75 Å². The van der Waals surface area contributed by atoms with Gasteiger partial charge in [-0.05, 0) is 57.6 Å². The summed E-state index contributed by atoms with van der Waals surface area (Å²) in [5.74, 6) is 2.67. The molecule has 4 rings (SSSR count). The van der Waals surface area contributed by atoms with Crippen LogP contribution in [0.15, 0.2) is 29.3 Å². The van der Waals surface area contributed by atoms with E-state index in [-0.39, 0.29) is 0 Å². The van der Waals surface area contributed by atoms with Crippen LogP contribution in [0, 0.1) is 5.92 Å². The first kappa shape index (κ1) is 18.6. The van der Waals surface area contributed by atoms with Crippen molar-refractivity contribution < 1.29 is 4.74 Å². The maximum Gasteiger partial charge on any atom is 0.191 e. The van der Waals surface area contributed by atoms with Crippen LogP contribution in [0.4, 0.5) is 0 Å². The predicted molar refractivity (Wildman–Crippen MR) is 110 cm³/mol. The van der Waals surface area contributed by atoms with Crippen molar-refractivity contribution in [2.24, 2.45) is 10.9 Å². The first-order valence-electron chi connectivity index (χ1n) is 10.6. The van der Waals surface area contributed by atoms with Crippen molar-refractivity contribution in [3.05, 3.63) is 29.8 Å². The Kier molecular flexibility index (Phi) is 5.86. The van der Waals surface area contributed by atoms with Gasteiger partial charge in [-0.2, -0.15) is 0 Å². The lowest BCUT2D eigenvalue weighted by Crippen LogP contribution is -2.56. The Morgan fingerprint density at radius 1 is 1.15 bits per heavy atom. The summed E-state index contributed by atoms with van der Waals surface area (Å²) in [7, 11) is 4.16. The van der Waals surface area contributed by atoms with Gasteiger partial charge in [0, 0.05) is 37.3 Å². The maximum atomic E-state index is 6.03. The number of aliphatic imine (C=N–C) groups is 1. The van der Waals surface area contributed by atoms with Crippen molar-refractivity contribution in [3.63, 3.8) is 0 Å². The molecule has 1 aliphatic carbocycles. The number of fused-ring (bicyclic) bond motifs is 2. The monoisotopic (exact) mass is 370 g/mol. The highest BCUT2D eigenvalue weighted by molar-refractivity contribution is 5.80. The molecular formula is C22H34N4O. The standard InChI is InChI=1S/C22H34N4O/c1-23-22(25-18-12-19-7-5-8-20(13-18)26(19)2)24-14-17-6-3-4-9-21(17)27-15-16-10-11-16/h3-4,6,9,16,18-20H,5,7-8,10-15H2,1-2H3,(H2,23,24,25). The molecule has 3 fully saturated rings. The molecule has 3 aliphatic rings. The first-order valence-corrected chi connectivity index (χ1v) is 10.6. The van der Waals surface area contributed by atoms with Crippen LogP contribution in [0.2, 0.25) is 0 Å². The first-order chi connectivity index (χ1) is 13.2. The Hall–Kier alpha value is -1.75. The highest BCUT2D eigenvalue weighted by Crippen LogP contribution is 2.32. The molecule has 0 radical (unpaired) electrons. The summed E-state index contributed by atoms with van der Waals surface area (Å²) in [6.07, 6.45) is 9.12. The van der Waals surface area contributed by atoms with Gasteiger partial charge in [0.2, 0.25) is 0 Å². The van der Waals surface area contributed by atoms with E-state index in [1.54, 1.807) is 0 Å². The van der Waals surface area contributed by atoms with Crippen molar-refractivity contribution in [3.8, 4) is 5.75 Å². The minimum atomic E-state index is 0.518. The summed E-state index contributed by atoms with van der Waals surface area (Å²) in [5.41, 5.74) is 1.20. The van der Waals surface area contributed by atoms with E-state index >= 15 is 0 Å². The molecule has 2 unspecified atom stereocenters. The molecule has 0 aromatic heterocycles. The van der Waals surface area contributed by atoms with Gasteiger partial charge >= 0.3 is 0 Å². The number of hydrogen-bond acceptors (Lipinski definition) is 3. The number of benzene rings is 1. The Morgan fingerprint density at radius 2 is 1.89 bits per heavy atom. The molecule has 0 spiro atoms. The summed E-state index contributed by atoms with van der Waals surface area (Å²) in [5, 5.41) is 7.17. The Morgan fingerprint density at radius 3 is 2.59 bits per heavy atom. The van der Waals surface area contributed by atoms with Crippen LogP contribution in [0.3, 0.4) is 0 Å². The van der Waals surface area contributed by atoms with Crippen LogP contribution >= 0.6 is 0 Å². The van der Waals surface area contributed by atoms with Crippen molar-refractivity contribution in [1.82, 2.24) is 15.5 Å². The van der Waals surface area contributed by atoms with Gasteiger partial charge in [0.25, 0.3) is 0 Å². The molecule has 27 heavy (non-hydrogen) atoms. The van der Waals surface area contributed by atoms with Crippen molar-refractivity contribution in [2.45, 2.75) is 69.6 Å². The lowest BCUT2D eigenvalue weighted by Gasteiger charge is -2.47. The molecule has 2 aliphatic heterocycles. The minimum absolute atomic E-state index is 0.518. The zero-order chi connectivity index (χ0) is 18.6. The van der Waals surface area contributed by atoms with E-state index in [2.05, 4.69) is 51.8 Å². The van der Waals surface area contributed by atoms with Crippen molar-refractivity contribution >= 4 is 5.96 Å². The van der Waals surface area contributed by atoms with Crippen molar-refractivity contribution in [1.29, 1.82) is 0 Å². The maximum absolute atomic E-state index is 6.03. The molecule has 5 heteroatoms. The molecule has 2 bridgehead atoms. The molecular weight excluding hydrogens is 336 g/mol. The van der Waals surface area contributed by atoms with E-state index in [9.17, 15) is 0 Å². The Balaban J connectivity index is 1.31. The number of ether oxygens (including phenoxy) is 1. The fourth-order valence-corrected chi connectivity index (χ4v) is 4.58. The summed E-state index contributed by atoms with van der Waals surface area (Å²) in [6.45, 7) is 1.59. The van der Waals surface area contributed by atoms with Gasteiger partial charge < -0.3 is 20.3 Å². The molecule has 1 aromatic carbocycles. The van der Waals surface area contributed by atoms with Crippen LogP contribution in [-0.4, -0.2) is 49.7 Å². The second-order valence-corrected chi connectivity index (χ2v) is 8.50. The third-order valence-corrected chi connectivity index (χ3v) is 6.49. The average molecular weight is 371 g/mol. The molecule has 2 heterocycles. The number of para-hydroxylation sites is 1. The second kappa shape index (κ2) is 8.51. The van der Waals surface area contributed by atoms with Crippen LogP contribution in [0.25, 0.3) is 0 Å². The predicted octanol–water partition coefficient (Wildman–Crippen LogP) is 3.16. The van der Waals surface area contributed by atoms with Gasteiger partial charge in [-0.25, -0.2) is 0 Å². The third kappa shape index (κ3) is 4.75. The lowest BCUT2D eigenvalue weighted by atomic mass is 9.82. The highest BCUT2D eigenvalue weighted by atomic mass is 16.5. The molecule has 1 aromatic rings. The van der Waals surface area contributed by atoms with Crippen LogP contribution in [0.5, 0.6) is 5.75 Å². The van der Waals surface area contributed by atoms with Crippen LogP contribution in [-0.2, 0) is 6.54 Å². The fourth-order valence-electron chi connectivity index (χ4n) is 4.58. The van der Waals surface area contributed by atoms with E-state index in [0.29, 0.717) is 6.04 Å². The number of rotatable bonds is 6. The summed E-state index contributed by atoms with van der Waals surface area (Å²) in [4.78, 5) is 7.07. The average Bonchev–Trinajstić information content (AvgIpc) is 3.49. The molecule has 0 amide bonds. The normalized spacial score (nSPS) is 28.7. The molecule has 2 saturated heterocycles. The van der Waals surface area contributed by atoms with Gasteiger partial charge in [-0.3, -0.25) is 4.99 Å². The zero-order valence-electron chi connectivity index (χ0n) is 16.8. The van der Waals surface area contributed by atoms with Gasteiger partial charge in [-0.15, -0.1) is 0 Å². The van der Waals surface area contributed by atoms with Crippen LogP contribution < -0.4 is 15.4 Å².